The summed E-state index contributed by atoms with van der Waals surface area (Å²) in [5.74, 6) is 2.32. The lowest BCUT2D eigenvalue weighted by atomic mass is 10.0. The number of carbonyl (C=O) groups excluding carboxylic acids is 1. The van der Waals surface area contributed by atoms with Gasteiger partial charge in [0.2, 0.25) is 0 Å². The average Bonchev–Trinajstić information content (AvgIpc) is 3.36. The van der Waals surface area contributed by atoms with Crippen LogP contribution < -0.4 is 15.5 Å². The van der Waals surface area contributed by atoms with Crippen LogP contribution in [0.1, 0.15) is 21.9 Å². The smallest absolute Gasteiger partial charge is 0.277 e. The van der Waals surface area contributed by atoms with E-state index >= 15 is 0 Å². The van der Waals surface area contributed by atoms with Crippen molar-refractivity contribution in [3.05, 3.63) is 41.9 Å². The molecule has 5 heterocycles. The number of hydrogen-bond donors (Lipinski definition) is 2. The van der Waals surface area contributed by atoms with Crippen molar-refractivity contribution >= 4 is 23.2 Å². The molecule has 2 aliphatic heterocycles. The highest BCUT2D eigenvalue weighted by molar-refractivity contribution is 6.02. The van der Waals surface area contributed by atoms with Gasteiger partial charge in [-0.15, -0.1) is 0 Å². The van der Waals surface area contributed by atoms with Gasteiger partial charge in [0.25, 0.3) is 5.91 Å². The van der Waals surface area contributed by atoms with E-state index in [1.165, 1.54) is 6.20 Å². The topological polar surface area (TPSA) is 100 Å². The van der Waals surface area contributed by atoms with Crippen LogP contribution in [0, 0.1) is 25.7 Å². The van der Waals surface area contributed by atoms with Gasteiger partial charge in [0.15, 0.2) is 5.65 Å². The molecule has 0 bridgehead atoms. The van der Waals surface area contributed by atoms with Crippen molar-refractivity contribution in [1.29, 1.82) is 0 Å². The van der Waals surface area contributed by atoms with Gasteiger partial charge in [-0.2, -0.15) is 0 Å². The fourth-order valence-corrected chi connectivity index (χ4v) is 4.16. The van der Waals surface area contributed by atoms with Crippen LogP contribution in [0.5, 0.6) is 0 Å². The van der Waals surface area contributed by atoms with Crippen LogP contribution in [0.2, 0.25) is 0 Å². The van der Waals surface area contributed by atoms with E-state index in [9.17, 15) is 4.79 Å². The molecule has 2 N–H and O–H groups in total. The molecule has 3 aromatic heterocycles. The van der Waals surface area contributed by atoms with Crippen LogP contribution in [0.4, 0.5) is 11.6 Å². The van der Waals surface area contributed by atoms with Crippen molar-refractivity contribution < 1.29 is 4.79 Å². The predicted octanol–water partition coefficient (Wildman–Crippen LogP) is 1.04. The fraction of sp³-hybridized carbons (Fsp3) is 0.421. The molecule has 0 aliphatic carbocycles. The molecule has 3 aromatic rings. The van der Waals surface area contributed by atoms with E-state index in [1.807, 2.05) is 24.4 Å². The first-order valence-corrected chi connectivity index (χ1v) is 9.49. The molecule has 2 fully saturated rings. The Morgan fingerprint density at radius 1 is 1.11 bits per heavy atom. The lowest BCUT2D eigenvalue weighted by Crippen LogP contribution is -2.26. The molecular weight excluding hydrogens is 356 g/mol. The van der Waals surface area contributed by atoms with Gasteiger partial charge in [0, 0.05) is 32.4 Å². The van der Waals surface area contributed by atoms with Crippen molar-refractivity contribution in [2.45, 2.75) is 13.8 Å². The van der Waals surface area contributed by atoms with Crippen LogP contribution in [0.15, 0.2) is 24.8 Å². The summed E-state index contributed by atoms with van der Waals surface area (Å²) < 4.78 is 1.86. The number of aromatic nitrogens is 5. The average molecular weight is 378 g/mol. The van der Waals surface area contributed by atoms with E-state index in [-0.39, 0.29) is 11.6 Å². The number of imidazole rings is 1. The van der Waals surface area contributed by atoms with E-state index in [2.05, 4.69) is 35.5 Å². The zero-order valence-corrected chi connectivity index (χ0v) is 15.9. The molecule has 0 saturated carbocycles. The van der Waals surface area contributed by atoms with Gasteiger partial charge >= 0.3 is 0 Å². The standard InChI is InChI=1S/C19H22N8O/c1-11-7-27-10-16(24-12(2)18(27)23-11)25-19(28)15-5-22-17(6-21-15)26-8-13-3-20-4-14(13)9-26/h5-7,10,13-14,20H,3-4,8-9H2,1-2H3,(H,25,28). The second-order valence-corrected chi connectivity index (χ2v) is 7.62. The number of nitrogens with zero attached hydrogens (tertiary/aromatic N) is 6. The summed E-state index contributed by atoms with van der Waals surface area (Å²) in [6.07, 6.45) is 6.86. The maximum atomic E-state index is 12.6. The Morgan fingerprint density at radius 2 is 1.89 bits per heavy atom. The van der Waals surface area contributed by atoms with Crippen molar-refractivity contribution in [2.24, 2.45) is 11.8 Å². The van der Waals surface area contributed by atoms with E-state index in [0.29, 0.717) is 17.7 Å². The molecule has 1 amide bonds. The minimum absolute atomic E-state index is 0.270. The van der Waals surface area contributed by atoms with Gasteiger partial charge < -0.3 is 19.9 Å². The molecule has 2 saturated heterocycles. The summed E-state index contributed by atoms with van der Waals surface area (Å²) in [5.41, 5.74) is 2.70. The number of rotatable bonds is 3. The second kappa shape index (κ2) is 6.52. The van der Waals surface area contributed by atoms with Gasteiger partial charge in [0.1, 0.15) is 17.3 Å². The monoisotopic (exact) mass is 378 g/mol. The molecule has 5 rings (SSSR count). The Bertz CT molecular complexity index is 1030. The van der Waals surface area contributed by atoms with E-state index < -0.39 is 0 Å². The first-order valence-electron chi connectivity index (χ1n) is 9.49. The Hall–Kier alpha value is -3.07. The highest BCUT2D eigenvalue weighted by Gasteiger charge is 2.36. The Kier molecular flexibility index (Phi) is 3.97. The van der Waals surface area contributed by atoms with Gasteiger partial charge in [-0.25, -0.2) is 19.9 Å². The van der Waals surface area contributed by atoms with E-state index in [4.69, 9.17) is 0 Å². The van der Waals surface area contributed by atoms with Crippen molar-refractivity contribution in [3.63, 3.8) is 0 Å². The normalized spacial score (nSPS) is 21.3. The highest BCUT2D eigenvalue weighted by Crippen LogP contribution is 2.29. The Balaban J connectivity index is 1.30. The number of carbonyl (C=O) groups is 1. The summed E-state index contributed by atoms with van der Waals surface area (Å²) in [5, 5.41) is 6.23. The zero-order valence-electron chi connectivity index (χ0n) is 15.9. The number of fused-ring (bicyclic) bond motifs is 2. The molecule has 0 spiro atoms. The Labute approximate surface area is 162 Å². The van der Waals surface area contributed by atoms with Crippen molar-refractivity contribution in [1.82, 2.24) is 29.7 Å². The third-order valence-electron chi connectivity index (χ3n) is 5.55. The van der Waals surface area contributed by atoms with Gasteiger partial charge in [0.05, 0.1) is 30.0 Å². The number of amides is 1. The molecule has 2 unspecified atom stereocenters. The van der Waals surface area contributed by atoms with Crippen LogP contribution in [-0.2, 0) is 0 Å². The summed E-state index contributed by atoms with van der Waals surface area (Å²) >= 11 is 0. The molecule has 2 aliphatic rings. The largest absolute Gasteiger partial charge is 0.355 e. The van der Waals surface area contributed by atoms with Crippen LogP contribution in [-0.4, -0.2) is 56.4 Å². The molecule has 2 atom stereocenters. The van der Waals surface area contributed by atoms with Gasteiger partial charge in [-0.3, -0.25) is 4.79 Å². The Morgan fingerprint density at radius 3 is 2.61 bits per heavy atom. The van der Waals surface area contributed by atoms with E-state index in [0.717, 1.165) is 49.0 Å². The lowest BCUT2D eigenvalue weighted by molar-refractivity contribution is 0.102. The second-order valence-electron chi connectivity index (χ2n) is 7.62. The first kappa shape index (κ1) is 17.1. The maximum absolute atomic E-state index is 12.6. The maximum Gasteiger partial charge on any atom is 0.277 e. The third-order valence-corrected chi connectivity index (χ3v) is 5.55. The molecular formula is C19H22N8O. The lowest BCUT2D eigenvalue weighted by Gasteiger charge is -2.18. The summed E-state index contributed by atoms with van der Waals surface area (Å²) in [4.78, 5) is 32.4. The molecule has 0 radical (unpaired) electrons. The summed E-state index contributed by atoms with van der Waals surface area (Å²) in [6, 6.07) is 0. The number of anilines is 2. The van der Waals surface area contributed by atoms with Crippen LogP contribution in [0.25, 0.3) is 5.65 Å². The van der Waals surface area contributed by atoms with Crippen molar-refractivity contribution in [3.8, 4) is 0 Å². The van der Waals surface area contributed by atoms with Crippen LogP contribution >= 0.6 is 0 Å². The molecule has 144 valence electrons. The molecule has 9 nitrogen and oxygen atoms in total. The minimum atomic E-state index is -0.329. The molecule has 28 heavy (non-hydrogen) atoms. The zero-order chi connectivity index (χ0) is 19.3. The third kappa shape index (κ3) is 2.97. The quantitative estimate of drug-likeness (QED) is 0.702. The van der Waals surface area contributed by atoms with Crippen LogP contribution in [0.3, 0.4) is 0 Å². The van der Waals surface area contributed by atoms with Gasteiger partial charge in [-0.05, 0) is 25.7 Å². The minimum Gasteiger partial charge on any atom is -0.355 e. The first-order chi connectivity index (χ1) is 13.6. The summed E-state index contributed by atoms with van der Waals surface area (Å²) in [7, 11) is 0. The predicted molar refractivity (Wildman–Crippen MR) is 105 cm³/mol. The molecule has 9 heteroatoms. The number of aryl methyl sites for hydroxylation is 2. The van der Waals surface area contributed by atoms with Crippen molar-refractivity contribution in [2.75, 3.05) is 36.4 Å². The van der Waals surface area contributed by atoms with E-state index in [1.54, 1.807) is 12.4 Å². The van der Waals surface area contributed by atoms with Gasteiger partial charge in [-0.1, -0.05) is 0 Å². The number of nitrogens with one attached hydrogen (secondary N) is 2. The molecule has 0 aromatic carbocycles. The number of hydrogen-bond acceptors (Lipinski definition) is 7. The highest BCUT2D eigenvalue weighted by atomic mass is 16.1. The fourth-order valence-electron chi connectivity index (χ4n) is 4.16. The summed E-state index contributed by atoms with van der Waals surface area (Å²) in [6.45, 7) is 7.92. The SMILES string of the molecule is Cc1cn2cc(NC(=O)c3cnc(N4CC5CNCC5C4)cn3)nc(C)c2n1.